The van der Waals surface area contributed by atoms with Gasteiger partial charge in [0.1, 0.15) is 6.04 Å². The first-order valence-electron chi connectivity index (χ1n) is 6.36. The fourth-order valence-corrected chi connectivity index (χ4v) is 3.62. The van der Waals surface area contributed by atoms with E-state index in [1.807, 2.05) is 10.3 Å². The van der Waals surface area contributed by atoms with Gasteiger partial charge in [-0.25, -0.2) is 0 Å². The number of carbonyl (C=O) groups excluding carboxylic acids is 1. The van der Waals surface area contributed by atoms with Gasteiger partial charge >= 0.3 is 0 Å². The van der Waals surface area contributed by atoms with Crippen LogP contribution in [-0.2, 0) is 11.2 Å². The van der Waals surface area contributed by atoms with Gasteiger partial charge in [0.2, 0.25) is 5.91 Å². The molecular formula is C13H18N2OS. The maximum Gasteiger partial charge on any atom is 0.244 e. The molecule has 0 bridgehead atoms. The largest absolute Gasteiger partial charge is 0.340 e. The van der Waals surface area contributed by atoms with Crippen LogP contribution in [0.5, 0.6) is 0 Å². The monoisotopic (exact) mass is 250 g/mol. The third-order valence-electron chi connectivity index (χ3n) is 4.00. The Morgan fingerprint density at radius 3 is 3.00 bits per heavy atom. The van der Waals surface area contributed by atoms with Crippen LogP contribution < -0.4 is 5.73 Å². The van der Waals surface area contributed by atoms with E-state index in [9.17, 15) is 4.79 Å². The Kier molecular flexibility index (Phi) is 2.92. The maximum absolute atomic E-state index is 12.3. The Balaban J connectivity index is 1.76. The predicted molar refractivity (Wildman–Crippen MR) is 68.9 cm³/mol. The number of rotatable bonds is 2. The highest BCUT2D eigenvalue weighted by atomic mass is 32.1. The fourth-order valence-electron chi connectivity index (χ4n) is 2.67. The quantitative estimate of drug-likeness (QED) is 0.872. The summed E-state index contributed by atoms with van der Waals surface area (Å²) in [5.41, 5.74) is 7.35. The molecule has 2 aliphatic rings. The predicted octanol–water partition coefficient (Wildman–Crippen LogP) is 1.93. The van der Waals surface area contributed by atoms with Gasteiger partial charge in [0.15, 0.2) is 0 Å². The minimum atomic E-state index is -0.424. The van der Waals surface area contributed by atoms with Gasteiger partial charge in [-0.3, -0.25) is 4.79 Å². The second-order valence-electron chi connectivity index (χ2n) is 5.12. The van der Waals surface area contributed by atoms with Gasteiger partial charge < -0.3 is 10.6 Å². The summed E-state index contributed by atoms with van der Waals surface area (Å²) < 4.78 is 0. The Morgan fingerprint density at radius 1 is 1.47 bits per heavy atom. The van der Waals surface area contributed by atoms with Gasteiger partial charge in [0, 0.05) is 18.0 Å². The highest BCUT2D eigenvalue weighted by Gasteiger charge is 2.31. The molecule has 1 aromatic heterocycles. The Labute approximate surface area is 106 Å². The number of hydrogen-bond acceptors (Lipinski definition) is 3. The number of thiophene rings is 1. The second kappa shape index (κ2) is 4.42. The lowest BCUT2D eigenvalue weighted by Crippen LogP contribution is -2.41. The number of fused-ring (bicyclic) bond motifs is 1. The molecule has 3 rings (SSSR count). The molecule has 0 saturated heterocycles. The van der Waals surface area contributed by atoms with E-state index in [-0.39, 0.29) is 5.91 Å². The Hall–Kier alpha value is -0.870. The Morgan fingerprint density at radius 2 is 2.29 bits per heavy atom. The maximum atomic E-state index is 12.3. The molecule has 17 heavy (non-hydrogen) atoms. The van der Waals surface area contributed by atoms with E-state index in [1.165, 1.54) is 24.8 Å². The minimum absolute atomic E-state index is 0.123. The molecule has 2 heterocycles. The highest BCUT2D eigenvalue weighted by molar-refractivity contribution is 7.10. The van der Waals surface area contributed by atoms with E-state index in [2.05, 4.69) is 6.07 Å². The molecule has 4 heteroatoms. The molecule has 1 fully saturated rings. The van der Waals surface area contributed by atoms with E-state index in [0.717, 1.165) is 30.3 Å². The molecule has 1 aliphatic carbocycles. The van der Waals surface area contributed by atoms with Gasteiger partial charge in [-0.1, -0.05) is 6.42 Å². The van der Waals surface area contributed by atoms with Crippen molar-refractivity contribution in [3.63, 3.8) is 0 Å². The molecule has 92 valence electrons. The number of nitrogens with zero attached hydrogens (tertiary/aromatic N) is 1. The van der Waals surface area contributed by atoms with E-state index in [0.29, 0.717) is 0 Å². The first-order chi connectivity index (χ1) is 8.25. The molecule has 1 amide bonds. The summed E-state index contributed by atoms with van der Waals surface area (Å²) in [5, 5.41) is 2.04. The van der Waals surface area contributed by atoms with Crippen molar-refractivity contribution in [1.82, 2.24) is 4.90 Å². The normalized spacial score (nSPS) is 25.4. The van der Waals surface area contributed by atoms with E-state index >= 15 is 0 Å². The molecule has 3 nitrogen and oxygen atoms in total. The standard InChI is InChI=1S/C13H18N2OS/c14-11-12-10(5-7-17-12)4-6-15(13(11)16)8-9-2-1-3-9/h5,7,9,11H,1-4,6,8,14H2. The van der Waals surface area contributed by atoms with Gasteiger partial charge in [-0.2, -0.15) is 0 Å². The molecular weight excluding hydrogens is 232 g/mol. The minimum Gasteiger partial charge on any atom is -0.340 e. The lowest BCUT2D eigenvalue weighted by atomic mass is 9.85. The molecule has 1 aliphatic heterocycles. The van der Waals surface area contributed by atoms with Gasteiger partial charge in [-0.15, -0.1) is 11.3 Å². The molecule has 1 unspecified atom stereocenters. The van der Waals surface area contributed by atoms with E-state index in [4.69, 9.17) is 5.73 Å². The first-order valence-corrected chi connectivity index (χ1v) is 7.24. The molecule has 2 N–H and O–H groups in total. The van der Waals surface area contributed by atoms with Crippen LogP contribution in [0.3, 0.4) is 0 Å². The number of amides is 1. The summed E-state index contributed by atoms with van der Waals surface area (Å²) in [6.07, 6.45) is 4.85. The van der Waals surface area contributed by atoms with Crippen LogP contribution in [0.2, 0.25) is 0 Å². The average Bonchev–Trinajstić information content (AvgIpc) is 2.69. The summed E-state index contributed by atoms with van der Waals surface area (Å²) >= 11 is 1.62. The van der Waals surface area contributed by atoms with Crippen LogP contribution >= 0.6 is 11.3 Å². The Bertz CT molecular complexity index is 425. The van der Waals surface area contributed by atoms with Crippen molar-refractivity contribution in [2.45, 2.75) is 31.7 Å². The zero-order chi connectivity index (χ0) is 11.8. The third kappa shape index (κ3) is 2.00. The highest BCUT2D eigenvalue weighted by Crippen LogP contribution is 2.31. The van der Waals surface area contributed by atoms with Crippen molar-refractivity contribution in [2.75, 3.05) is 13.1 Å². The van der Waals surface area contributed by atoms with Gasteiger partial charge in [0.25, 0.3) is 0 Å². The summed E-state index contributed by atoms with van der Waals surface area (Å²) in [6.45, 7) is 1.76. The SMILES string of the molecule is NC1C(=O)N(CC2CCC2)CCc2ccsc21. The molecule has 1 saturated carbocycles. The van der Waals surface area contributed by atoms with Crippen LogP contribution in [0.25, 0.3) is 0 Å². The number of hydrogen-bond donors (Lipinski definition) is 1. The van der Waals surface area contributed by atoms with Crippen molar-refractivity contribution < 1.29 is 4.79 Å². The number of carbonyl (C=O) groups is 1. The van der Waals surface area contributed by atoms with Crippen molar-refractivity contribution in [1.29, 1.82) is 0 Å². The van der Waals surface area contributed by atoms with Gasteiger partial charge in [0.05, 0.1) is 0 Å². The molecule has 1 atom stereocenters. The summed E-state index contributed by atoms with van der Waals surface area (Å²) in [5.74, 6) is 0.848. The van der Waals surface area contributed by atoms with Gasteiger partial charge in [-0.05, 0) is 42.2 Å². The summed E-state index contributed by atoms with van der Waals surface area (Å²) in [4.78, 5) is 15.4. The van der Waals surface area contributed by atoms with Crippen molar-refractivity contribution in [2.24, 2.45) is 11.7 Å². The smallest absolute Gasteiger partial charge is 0.244 e. The molecule has 0 aromatic carbocycles. The summed E-state index contributed by atoms with van der Waals surface area (Å²) in [7, 11) is 0. The lowest BCUT2D eigenvalue weighted by Gasteiger charge is -2.32. The van der Waals surface area contributed by atoms with Crippen LogP contribution in [-0.4, -0.2) is 23.9 Å². The molecule has 0 radical (unpaired) electrons. The average molecular weight is 250 g/mol. The topological polar surface area (TPSA) is 46.3 Å². The van der Waals surface area contributed by atoms with Crippen LogP contribution in [0.15, 0.2) is 11.4 Å². The van der Waals surface area contributed by atoms with Crippen LogP contribution in [0.4, 0.5) is 0 Å². The molecule has 1 aromatic rings. The van der Waals surface area contributed by atoms with Crippen LogP contribution in [0, 0.1) is 5.92 Å². The lowest BCUT2D eigenvalue weighted by molar-refractivity contribution is -0.133. The summed E-state index contributed by atoms with van der Waals surface area (Å²) in [6, 6.07) is 1.69. The third-order valence-corrected chi connectivity index (χ3v) is 5.04. The van der Waals surface area contributed by atoms with Crippen LogP contribution in [0.1, 0.15) is 35.7 Å². The van der Waals surface area contributed by atoms with E-state index < -0.39 is 6.04 Å². The van der Waals surface area contributed by atoms with Crippen molar-refractivity contribution in [3.05, 3.63) is 21.9 Å². The zero-order valence-corrected chi connectivity index (χ0v) is 10.7. The second-order valence-corrected chi connectivity index (χ2v) is 6.07. The van der Waals surface area contributed by atoms with E-state index in [1.54, 1.807) is 11.3 Å². The van der Waals surface area contributed by atoms with Crippen molar-refractivity contribution in [3.8, 4) is 0 Å². The number of nitrogens with two attached hydrogens (primary N) is 1. The first kappa shape index (κ1) is 11.2. The molecule has 0 spiro atoms. The zero-order valence-electron chi connectivity index (χ0n) is 9.89. The fraction of sp³-hybridized carbons (Fsp3) is 0.615. The van der Waals surface area contributed by atoms with Crippen molar-refractivity contribution >= 4 is 17.2 Å².